The van der Waals surface area contributed by atoms with Crippen molar-refractivity contribution < 1.29 is 0 Å². The lowest BCUT2D eigenvalue weighted by molar-refractivity contribution is 1.06. The summed E-state index contributed by atoms with van der Waals surface area (Å²) in [5, 5.41) is 0. The topological polar surface area (TPSA) is 38.7 Å². The van der Waals surface area contributed by atoms with Crippen molar-refractivity contribution in [1.29, 1.82) is 0 Å². The van der Waals surface area contributed by atoms with E-state index in [1.807, 2.05) is 24.3 Å². The summed E-state index contributed by atoms with van der Waals surface area (Å²) in [6, 6.07) is 16.3. The van der Waals surface area contributed by atoms with Gasteiger partial charge in [-0.05, 0) is 26.0 Å². The Labute approximate surface area is 118 Å². The second-order valence-electron chi connectivity index (χ2n) is 4.87. The Balaban J connectivity index is 2.06. The Morgan fingerprint density at radius 1 is 0.700 bits per heavy atom. The molecule has 1 aromatic heterocycles. The standard InChI is InChI=1S/C17H15N3/c1-12-5-3-7-14(9-12)16-18-11-19-17(20-16)15-8-4-6-13(2)10-15/h3-11H,1-2H3. The summed E-state index contributed by atoms with van der Waals surface area (Å²) < 4.78 is 0. The van der Waals surface area contributed by atoms with Crippen LogP contribution < -0.4 is 0 Å². The van der Waals surface area contributed by atoms with Crippen molar-refractivity contribution in [2.75, 3.05) is 0 Å². The van der Waals surface area contributed by atoms with Gasteiger partial charge in [-0.15, -0.1) is 0 Å². The first-order chi connectivity index (χ1) is 9.72. The first-order valence-electron chi connectivity index (χ1n) is 6.55. The average Bonchev–Trinajstić information content (AvgIpc) is 2.47. The molecule has 98 valence electrons. The smallest absolute Gasteiger partial charge is 0.163 e. The van der Waals surface area contributed by atoms with Crippen LogP contribution in [0.25, 0.3) is 22.8 Å². The molecule has 0 saturated carbocycles. The van der Waals surface area contributed by atoms with Gasteiger partial charge in [0.15, 0.2) is 11.6 Å². The van der Waals surface area contributed by atoms with E-state index in [1.165, 1.54) is 11.1 Å². The van der Waals surface area contributed by atoms with E-state index < -0.39 is 0 Å². The van der Waals surface area contributed by atoms with Crippen molar-refractivity contribution in [3.05, 3.63) is 66.0 Å². The predicted octanol–water partition coefficient (Wildman–Crippen LogP) is 3.82. The molecule has 0 radical (unpaired) electrons. The molecule has 20 heavy (non-hydrogen) atoms. The van der Waals surface area contributed by atoms with E-state index in [2.05, 4.69) is 53.1 Å². The van der Waals surface area contributed by atoms with Gasteiger partial charge in [-0.25, -0.2) is 15.0 Å². The molecule has 0 aliphatic heterocycles. The molecule has 0 aliphatic carbocycles. The largest absolute Gasteiger partial charge is 0.217 e. The zero-order valence-corrected chi connectivity index (χ0v) is 11.5. The molecular formula is C17H15N3. The summed E-state index contributed by atoms with van der Waals surface area (Å²) in [7, 11) is 0. The van der Waals surface area contributed by atoms with E-state index in [4.69, 9.17) is 0 Å². The van der Waals surface area contributed by atoms with Crippen molar-refractivity contribution in [3.63, 3.8) is 0 Å². The van der Waals surface area contributed by atoms with Crippen molar-refractivity contribution in [2.24, 2.45) is 0 Å². The minimum absolute atomic E-state index is 0.709. The van der Waals surface area contributed by atoms with Gasteiger partial charge >= 0.3 is 0 Å². The van der Waals surface area contributed by atoms with E-state index in [0.29, 0.717) is 11.6 Å². The van der Waals surface area contributed by atoms with E-state index in [1.54, 1.807) is 6.33 Å². The van der Waals surface area contributed by atoms with Crippen LogP contribution in [0.2, 0.25) is 0 Å². The van der Waals surface area contributed by atoms with Gasteiger partial charge in [0.1, 0.15) is 6.33 Å². The first kappa shape index (κ1) is 12.5. The monoisotopic (exact) mass is 261 g/mol. The van der Waals surface area contributed by atoms with Crippen molar-refractivity contribution in [3.8, 4) is 22.8 Å². The second-order valence-corrected chi connectivity index (χ2v) is 4.87. The van der Waals surface area contributed by atoms with Gasteiger partial charge in [0.2, 0.25) is 0 Å². The lowest BCUT2D eigenvalue weighted by Crippen LogP contribution is -1.95. The fourth-order valence-electron chi connectivity index (χ4n) is 2.14. The van der Waals surface area contributed by atoms with Crippen molar-refractivity contribution in [1.82, 2.24) is 15.0 Å². The molecule has 3 rings (SSSR count). The van der Waals surface area contributed by atoms with Crippen molar-refractivity contribution >= 4 is 0 Å². The number of hydrogen-bond donors (Lipinski definition) is 0. The summed E-state index contributed by atoms with van der Waals surface area (Å²) in [6.45, 7) is 4.12. The van der Waals surface area contributed by atoms with Gasteiger partial charge in [-0.2, -0.15) is 0 Å². The summed E-state index contributed by atoms with van der Waals surface area (Å²) in [4.78, 5) is 13.1. The van der Waals surface area contributed by atoms with Crippen LogP contribution in [0.5, 0.6) is 0 Å². The number of benzene rings is 2. The molecule has 0 N–H and O–H groups in total. The number of aryl methyl sites for hydroxylation is 2. The van der Waals surface area contributed by atoms with Crippen LogP contribution in [-0.4, -0.2) is 15.0 Å². The molecule has 0 aliphatic rings. The maximum Gasteiger partial charge on any atom is 0.163 e. The minimum atomic E-state index is 0.709. The van der Waals surface area contributed by atoms with Gasteiger partial charge in [-0.3, -0.25) is 0 Å². The first-order valence-corrected chi connectivity index (χ1v) is 6.55. The fraction of sp³-hybridized carbons (Fsp3) is 0.118. The Hall–Kier alpha value is -2.55. The number of nitrogens with zero attached hydrogens (tertiary/aromatic N) is 3. The Morgan fingerprint density at radius 3 is 1.65 bits per heavy atom. The summed E-state index contributed by atoms with van der Waals surface area (Å²) in [6.07, 6.45) is 1.57. The Bertz CT molecular complexity index is 690. The third kappa shape index (κ3) is 2.57. The molecule has 0 atom stereocenters. The Morgan fingerprint density at radius 2 is 1.20 bits per heavy atom. The van der Waals surface area contributed by atoms with E-state index in [-0.39, 0.29) is 0 Å². The molecule has 0 amide bonds. The second kappa shape index (κ2) is 5.21. The van der Waals surface area contributed by atoms with Crippen molar-refractivity contribution in [2.45, 2.75) is 13.8 Å². The van der Waals surface area contributed by atoms with Crippen LogP contribution in [0.1, 0.15) is 11.1 Å². The summed E-state index contributed by atoms with van der Waals surface area (Å²) in [5.41, 5.74) is 4.42. The van der Waals surface area contributed by atoms with E-state index in [0.717, 1.165) is 11.1 Å². The molecule has 0 fully saturated rings. The highest BCUT2D eigenvalue weighted by Gasteiger charge is 2.06. The van der Waals surface area contributed by atoms with E-state index in [9.17, 15) is 0 Å². The lowest BCUT2D eigenvalue weighted by Gasteiger charge is -2.04. The Kier molecular flexibility index (Phi) is 3.25. The summed E-state index contributed by atoms with van der Waals surface area (Å²) >= 11 is 0. The molecule has 3 nitrogen and oxygen atoms in total. The van der Waals surface area contributed by atoms with Crippen LogP contribution >= 0.6 is 0 Å². The predicted molar refractivity (Wildman–Crippen MR) is 80.2 cm³/mol. The lowest BCUT2D eigenvalue weighted by atomic mass is 10.1. The van der Waals surface area contributed by atoms with E-state index >= 15 is 0 Å². The maximum absolute atomic E-state index is 4.57. The SMILES string of the molecule is Cc1cccc(-c2ncnc(-c3cccc(C)c3)n2)c1. The normalized spacial score (nSPS) is 10.5. The highest BCUT2D eigenvalue weighted by molar-refractivity contribution is 5.61. The molecule has 0 spiro atoms. The molecule has 3 heteroatoms. The van der Waals surface area contributed by atoms with Gasteiger partial charge in [-0.1, -0.05) is 47.5 Å². The highest BCUT2D eigenvalue weighted by atomic mass is 15.0. The van der Waals surface area contributed by atoms with Crippen LogP contribution in [0.15, 0.2) is 54.9 Å². The highest BCUT2D eigenvalue weighted by Crippen LogP contribution is 2.20. The number of hydrogen-bond acceptors (Lipinski definition) is 3. The maximum atomic E-state index is 4.57. The molecule has 3 aromatic rings. The fourth-order valence-corrected chi connectivity index (χ4v) is 2.14. The molecule has 1 heterocycles. The zero-order valence-electron chi connectivity index (χ0n) is 11.5. The van der Waals surface area contributed by atoms with Crippen LogP contribution in [0.4, 0.5) is 0 Å². The summed E-state index contributed by atoms with van der Waals surface area (Å²) in [5.74, 6) is 1.42. The average molecular weight is 261 g/mol. The zero-order chi connectivity index (χ0) is 13.9. The molecule has 0 saturated heterocycles. The van der Waals surface area contributed by atoms with Gasteiger partial charge in [0.05, 0.1) is 0 Å². The van der Waals surface area contributed by atoms with Crippen LogP contribution in [0.3, 0.4) is 0 Å². The third-order valence-corrected chi connectivity index (χ3v) is 3.12. The molecular weight excluding hydrogens is 246 g/mol. The number of aromatic nitrogens is 3. The van der Waals surface area contributed by atoms with Gasteiger partial charge in [0.25, 0.3) is 0 Å². The third-order valence-electron chi connectivity index (χ3n) is 3.12. The van der Waals surface area contributed by atoms with Gasteiger partial charge < -0.3 is 0 Å². The van der Waals surface area contributed by atoms with Crippen LogP contribution in [-0.2, 0) is 0 Å². The molecule has 2 aromatic carbocycles. The minimum Gasteiger partial charge on any atom is -0.217 e. The molecule has 0 unspecified atom stereocenters. The quantitative estimate of drug-likeness (QED) is 0.704. The van der Waals surface area contributed by atoms with Gasteiger partial charge in [0, 0.05) is 11.1 Å². The number of rotatable bonds is 2. The molecule has 0 bridgehead atoms. The van der Waals surface area contributed by atoms with Crippen LogP contribution in [0, 0.1) is 13.8 Å².